The van der Waals surface area contributed by atoms with E-state index in [9.17, 15) is 40.5 Å². The third kappa shape index (κ3) is 3.73. The van der Waals surface area contributed by atoms with Crippen molar-refractivity contribution in [2.75, 3.05) is 0 Å². The Morgan fingerprint density at radius 2 is 1.03 bits per heavy atom. The van der Waals surface area contributed by atoms with Gasteiger partial charge >= 0.3 is 0 Å². The number of benzene rings is 2. The fraction of sp³-hybridized carbons (Fsp3) is 0.368. The van der Waals surface area contributed by atoms with Crippen LogP contribution in [-0.2, 0) is 0 Å². The summed E-state index contributed by atoms with van der Waals surface area (Å²) in [6.07, 6.45) is 0. The van der Waals surface area contributed by atoms with Crippen LogP contribution < -0.4 is 5.32 Å². The lowest BCUT2D eigenvalue weighted by molar-refractivity contribution is -0.605. The van der Waals surface area contributed by atoms with Crippen LogP contribution in [0.15, 0.2) is 48.5 Å². The first-order valence-corrected chi connectivity index (χ1v) is 9.48. The molecule has 0 saturated carbocycles. The molecule has 1 N–H and O–H groups in total. The molecule has 4 atom stereocenters. The van der Waals surface area contributed by atoms with Crippen LogP contribution in [0, 0.1) is 45.9 Å². The molecular weight excluding hydrogens is 426 g/mol. The van der Waals surface area contributed by atoms with E-state index in [1.54, 1.807) is 0 Å². The van der Waals surface area contributed by atoms with E-state index in [1.807, 2.05) is 0 Å². The van der Waals surface area contributed by atoms with E-state index in [2.05, 4.69) is 5.32 Å². The van der Waals surface area contributed by atoms with Crippen LogP contribution in [0.3, 0.4) is 0 Å². The summed E-state index contributed by atoms with van der Waals surface area (Å²) < 4.78 is 0. The second-order valence-corrected chi connectivity index (χ2v) is 8.04. The molecule has 0 radical (unpaired) electrons. The summed E-state index contributed by atoms with van der Waals surface area (Å²) in [6.45, 7) is 2.66. The molecule has 0 aromatic heterocycles. The molecule has 0 spiro atoms. The van der Waals surface area contributed by atoms with Crippen molar-refractivity contribution >= 4 is 11.4 Å². The molecule has 3 rings (SSSR count). The van der Waals surface area contributed by atoms with E-state index >= 15 is 0 Å². The molecule has 1 aliphatic rings. The first kappa shape index (κ1) is 22.7. The van der Waals surface area contributed by atoms with Crippen LogP contribution in [-0.4, -0.2) is 31.8 Å². The van der Waals surface area contributed by atoms with Crippen molar-refractivity contribution in [1.82, 2.24) is 5.32 Å². The second kappa shape index (κ2) is 8.26. The van der Waals surface area contributed by atoms with E-state index in [-0.39, 0.29) is 11.1 Å². The number of nitrogens with zero attached hydrogens (tertiary/aromatic N) is 4. The molecule has 13 nitrogen and oxygen atoms in total. The number of hydrogen-bond acceptors (Lipinski definition) is 9. The highest BCUT2D eigenvalue weighted by atomic mass is 16.6. The average molecular weight is 445 g/mol. The van der Waals surface area contributed by atoms with Crippen LogP contribution >= 0.6 is 0 Å². The van der Waals surface area contributed by atoms with E-state index in [0.717, 1.165) is 0 Å². The van der Waals surface area contributed by atoms with E-state index in [0.29, 0.717) is 0 Å². The fourth-order valence-electron chi connectivity index (χ4n) is 4.55. The van der Waals surface area contributed by atoms with Crippen LogP contribution in [0.1, 0.15) is 37.1 Å². The summed E-state index contributed by atoms with van der Waals surface area (Å²) >= 11 is 0. The van der Waals surface area contributed by atoms with Gasteiger partial charge in [-0.2, -0.15) is 0 Å². The van der Waals surface area contributed by atoms with Gasteiger partial charge in [-0.15, -0.1) is 0 Å². The van der Waals surface area contributed by atoms with Crippen molar-refractivity contribution in [3.05, 3.63) is 100 Å². The minimum atomic E-state index is -1.64. The number of hydrogen-bond donors (Lipinski definition) is 1. The first-order valence-electron chi connectivity index (χ1n) is 9.48. The molecule has 0 aliphatic carbocycles. The average Bonchev–Trinajstić information content (AvgIpc) is 2.71. The van der Waals surface area contributed by atoms with Gasteiger partial charge in [0.05, 0.1) is 21.0 Å². The minimum Gasteiger partial charge on any atom is -0.291 e. The molecule has 2 aromatic carbocycles. The van der Waals surface area contributed by atoms with Gasteiger partial charge in [-0.1, -0.05) is 36.4 Å². The molecule has 13 heteroatoms. The Kier molecular flexibility index (Phi) is 5.86. The summed E-state index contributed by atoms with van der Waals surface area (Å²) in [4.78, 5) is 44.6. The van der Waals surface area contributed by atoms with E-state index in [1.165, 1.54) is 62.4 Å². The number of nitro benzene ring substituents is 2. The number of piperidine rings is 1. The van der Waals surface area contributed by atoms with Gasteiger partial charge in [-0.05, 0) is 13.8 Å². The highest BCUT2D eigenvalue weighted by molar-refractivity contribution is 5.46. The highest BCUT2D eigenvalue weighted by Gasteiger charge is 2.64. The smallest absolute Gasteiger partial charge is 0.274 e. The summed E-state index contributed by atoms with van der Waals surface area (Å²) in [5.74, 6) is 0. The summed E-state index contributed by atoms with van der Waals surface area (Å²) in [6, 6.07) is 4.88. The molecule has 1 heterocycles. The van der Waals surface area contributed by atoms with E-state index in [4.69, 9.17) is 0 Å². The molecule has 1 fully saturated rings. The number of nitro groups is 4. The maximum atomic E-state index is 12.1. The topological polar surface area (TPSA) is 185 Å². The van der Waals surface area contributed by atoms with Crippen molar-refractivity contribution in [3.63, 3.8) is 0 Å². The maximum absolute atomic E-state index is 12.1. The standard InChI is InChI=1S/C19H19N5O8/c1-19(2)17(23(29)30)15(11-7-3-5-9-13(11)21(25)26)20-16(18(19)24(31)32)12-8-4-6-10-14(12)22(27)28/h3-10,15-18,20H,1-2H3/t15-,16+,17-,18-/m1/s1. The predicted molar refractivity (Wildman–Crippen MR) is 110 cm³/mol. The van der Waals surface area contributed by atoms with Crippen molar-refractivity contribution in [1.29, 1.82) is 0 Å². The van der Waals surface area contributed by atoms with Gasteiger partial charge in [0, 0.05) is 22.0 Å². The Morgan fingerprint density at radius 1 is 0.688 bits per heavy atom. The van der Waals surface area contributed by atoms with Gasteiger partial charge in [-0.25, -0.2) is 0 Å². The highest BCUT2D eigenvalue weighted by Crippen LogP contribution is 2.49. The Labute approximate surface area is 180 Å². The zero-order valence-electron chi connectivity index (χ0n) is 17.0. The van der Waals surface area contributed by atoms with Crippen molar-refractivity contribution in [2.24, 2.45) is 5.41 Å². The molecule has 0 bridgehead atoms. The van der Waals surface area contributed by atoms with Gasteiger partial charge in [0.15, 0.2) is 0 Å². The van der Waals surface area contributed by atoms with Crippen molar-refractivity contribution in [3.8, 4) is 0 Å². The van der Waals surface area contributed by atoms with Crippen LogP contribution in [0.5, 0.6) is 0 Å². The van der Waals surface area contributed by atoms with E-state index < -0.39 is 60.7 Å². The van der Waals surface area contributed by atoms with Gasteiger partial charge in [0.1, 0.15) is 17.5 Å². The van der Waals surface area contributed by atoms with Crippen LogP contribution in [0.2, 0.25) is 0 Å². The molecular formula is C19H19N5O8. The first-order chi connectivity index (χ1) is 15.0. The Bertz CT molecular complexity index is 1020. The molecule has 168 valence electrons. The zero-order chi connectivity index (χ0) is 23.8. The third-order valence-corrected chi connectivity index (χ3v) is 5.91. The predicted octanol–water partition coefficient (Wildman–Crippen LogP) is 3.21. The third-order valence-electron chi connectivity index (χ3n) is 5.91. The second-order valence-electron chi connectivity index (χ2n) is 8.04. The van der Waals surface area contributed by atoms with Gasteiger partial charge in [0.25, 0.3) is 11.4 Å². The SMILES string of the molecule is CC1(C)[C@H]([N+](=O)[O-])[C@@H](c2ccccc2[N+](=O)[O-])N[C@@H](c2ccccc2[N+](=O)[O-])[C@H]1[N+](=O)[O-]. The van der Waals surface area contributed by atoms with Crippen molar-refractivity contribution < 1.29 is 19.7 Å². The van der Waals surface area contributed by atoms with Crippen molar-refractivity contribution in [2.45, 2.75) is 38.0 Å². The van der Waals surface area contributed by atoms with Crippen LogP contribution in [0.4, 0.5) is 11.4 Å². The number of para-hydroxylation sites is 2. The lowest BCUT2D eigenvalue weighted by Gasteiger charge is -2.44. The minimum absolute atomic E-state index is 0.0299. The number of nitrogens with one attached hydrogen (secondary N) is 1. The molecule has 1 aliphatic heterocycles. The molecule has 1 saturated heterocycles. The summed E-state index contributed by atoms with van der Waals surface area (Å²) in [5, 5.41) is 50.1. The van der Waals surface area contributed by atoms with Gasteiger partial charge in [0.2, 0.25) is 12.1 Å². The fourth-order valence-corrected chi connectivity index (χ4v) is 4.55. The Hall–Kier alpha value is -4.00. The summed E-state index contributed by atoms with van der Waals surface area (Å²) in [5.41, 5.74) is -2.49. The largest absolute Gasteiger partial charge is 0.291 e. The molecule has 0 amide bonds. The maximum Gasteiger partial charge on any atom is 0.274 e. The summed E-state index contributed by atoms with van der Waals surface area (Å²) in [7, 11) is 0. The lowest BCUT2D eigenvalue weighted by Crippen LogP contribution is -2.63. The monoisotopic (exact) mass is 445 g/mol. The molecule has 0 unspecified atom stereocenters. The Balaban J connectivity index is 2.29. The van der Waals surface area contributed by atoms with Gasteiger partial charge < -0.3 is 0 Å². The zero-order valence-corrected chi connectivity index (χ0v) is 17.0. The normalized spacial score (nSPS) is 24.4. The molecule has 32 heavy (non-hydrogen) atoms. The van der Waals surface area contributed by atoms with Crippen LogP contribution in [0.25, 0.3) is 0 Å². The van der Waals surface area contributed by atoms with Gasteiger partial charge in [-0.3, -0.25) is 45.8 Å². The lowest BCUT2D eigenvalue weighted by atomic mass is 9.66. The number of rotatable bonds is 6. The Morgan fingerprint density at radius 3 is 1.34 bits per heavy atom. The molecule has 2 aromatic rings. The quantitative estimate of drug-likeness (QED) is 0.515.